The lowest BCUT2D eigenvalue weighted by Gasteiger charge is -2.20. The molecule has 0 N–H and O–H groups in total. The van der Waals surface area contributed by atoms with Crippen molar-refractivity contribution in [2.75, 3.05) is 27.7 Å². The van der Waals surface area contributed by atoms with E-state index < -0.39 is 0 Å². The third kappa shape index (κ3) is 5.22. The quantitative estimate of drug-likeness (QED) is 0.807. The Morgan fingerprint density at radius 3 is 2.30 bits per heavy atom. The number of carbonyl (C=O) groups is 2. The molecule has 5 nitrogen and oxygen atoms in total. The van der Waals surface area contributed by atoms with Crippen LogP contribution in [0, 0.1) is 6.92 Å². The maximum atomic E-state index is 12.5. The van der Waals surface area contributed by atoms with Gasteiger partial charge in [-0.25, -0.2) is 0 Å². The maximum Gasteiger partial charge on any atom is 0.289 e. The topological polar surface area (TPSA) is 53.8 Å². The van der Waals surface area contributed by atoms with Crippen molar-refractivity contribution in [2.24, 2.45) is 0 Å². The van der Waals surface area contributed by atoms with Gasteiger partial charge < -0.3 is 14.2 Å². The van der Waals surface area contributed by atoms with E-state index in [0.29, 0.717) is 6.42 Å². The molecule has 2 aromatic rings. The van der Waals surface area contributed by atoms with Crippen LogP contribution >= 0.6 is 0 Å². The summed E-state index contributed by atoms with van der Waals surface area (Å²) in [6.07, 6.45) is 0.628. The third-order valence-electron chi connectivity index (χ3n) is 4.67. The highest BCUT2D eigenvalue weighted by molar-refractivity contribution is 5.94. The number of hydrogen-bond acceptors (Lipinski definition) is 3. The molecule has 0 atom stereocenters. The largest absolute Gasteiger partial charge is 0.456 e. The zero-order valence-corrected chi connectivity index (χ0v) is 17.4. The summed E-state index contributed by atoms with van der Waals surface area (Å²) >= 11 is 0. The number of rotatable bonds is 5. The number of furan rings is 1. The lowest BCUT2D eigenvalue weighted by Crippen LogP contribution is -2.37. The molecule has 2 rings (SSSR count). The predicted molar refractivity (Wildman–Crippen MR) is 107 cm³/mol. The van der Waals surface area contributed by atoms with Crippen molar-refractivity contribution in [3.05, 3.63) is 58.5 Å². The van der Waals surface area contributed by atoms with E-state index in [1.807, 2.05) is 6.07 Å². The van der Waals surface area contributed by atoms with E-state index in [4.69, 9.17) is 4.42 Å². The van der Waals surface area contributed by atoms with Crippen LogP contribution in [0.1, 0.15) is 53.8 Å². The van der Waals surface area contributed by atoms with E-state index in [2.05, 4.69) is 45.9 Å². The van der Waals surface area contributed by atoms with Crippen LogP contribution in [-0.2, 0) is 16.6 Å². The van der Waals surface area contributed by atoms with Gasteiger partial charge in [-0.3, -0.25) is 9.59 Å². The summed E-state index contributed by atoms with van der Waals surface area (Å²) in [5.41, 5.74) is 3.73. The van der Waals surface area contributed by atoms with E-state index >= 15 is 0 Å². The lowest BCUT2D eigenvalue weighted by atomic mass is 9.85. The van der Waals surface area contributed by atoms with Gasteiger partial charge in [0.1, 0.15) is 5.76 Å². The molecule has 0 radical (unpaired) electrons. The van der Waals surface area contributed by atoms with Gasteiger partial charge in [0.25, 0.3) is 5.91 Å². The van der Waals surface area contributed by atoms with Gasteiger partial charge in [0.2, 0.25) is 5.91 Å². The van der Waals surface area contributed by atoms with Crippen LogP contribution in [0.25, 0.3) is 0 Å². The number of likely N-dealkylation sites (N-methyl/N-ethyl adjacent to an activating group) is 2. The van der Waals surface area contributed by atoms with Crippen molar-refractivity contribution in [1.82, 2.24) is 9.80 Å². The monoisotopic (exact) mass is 370 g/mol. The number of amides is 2. The fourth-order valence-corrected chi connectivity index (χ4v) is 2.71. The first-order valence-corrected chi connectivity index (χ1v) is 9.13. The molecular formula is C22H30N2O3. The van der Waals surface area contributed by atoms with E-state index in [-0.39, 0.29) is 29.5 Å². The Kier molecular flexibility index (Phi) is 6.14. The minimum Gasteiger partial charge on any atom is -0.456 e. The molecule has 27 heavy (non-hydrogen) atoms. The van der Waals surface area contributed by atoms with Gasteiger partial charge in [-0.1, -0.05) is 39.0 Å². The molecule has 0 bridgehead atoms. The first kappa shape index (κ1) is 20.7. The second-order valence-corrected chi connectivity index (χ2v) is 8.28. The molecule has 1 heterocycles. The second-order valence-electron chi connectivity index (χ2n) is 8.28. The molecule has 2 amide bonds. The Morgan fingerprint density at radius 1 is 1.04 bits per heavy atom. The molecule has 0 spiro atoms. The van der Waals surface area contributed by atoms with Gasteiger partial charge in [-0.2, -0.15) is 0 Å². The molecule has 1 aromatic heterocycles. The average molecular weight is 370 g/mol. The summed E-state index contributed by atoms with van der Waals surface area (Å²) in [6, 6.07) is 10.0. The molecule has 0 aliphatic rings. The van der Waals surface area contributed by atoms with Crippen molar-refractivity contribution >= 4 is 11.8 Å². The van der Waals surface area contributed by atoms with Crippen LogP contribution in [-0.4, -0.2) is 49.3 Å². The first-order valence-electron chi connectivity index (χ1n) is 9.13. The summed E-state index contributed by atoms with van der Waals surface area (Å²) < 4.78 is 5.78. The fourth-order valence-electron chi connectivity index (χ4n) is 2.71. The van der Waals surface area contributed by atoms with E-state index in [0.717, 1.165) is 5.76 Å². The van der Waals surface area contributed by atoms with Gasteiger partial charge in [0.15, 0.2) is 5.76 Å². The molecule has 0 fully saturated rings. The highest BCUT2D eigenvalue weighted by atomic mass is 16.4. The highest BCUT2D eigenvalue weighted by Gasteiger charge is 2.20. The van der Waals surface area contributed by atoms with Crippen molar-refractivity contribution in [3.8, 4) is 0 Å². The number of nitrogens with zero attached hydrogens (tertiary/aromatic N) is 2. The summed E-state index contributed by atoms with van der Waals surface area (Å²) in [6.45, 7) is 8.67. The Hall–Kier alpha value is -2.56. The van der Waals surface area contributed by atoms with Crippen molar-refractivity contribution < 1.29 is 14.0 Å². The standard InChI is InChI=1S/C22H30N2O3/c1-15-8-9-17(22(2,3)4)12-16(15)13-18-10-11-19(27-18)21(26)24(7)14-20(25)23(5)6/h8-12H,13-14H2,1-7H3. The summed E-state index contributed by atoms with van der Waals surface area (Å²) in [5, 5.41) is 0. The van der Waals surface area contributed by atoms with Gasteiger partial charge in [0, 0.05) is 27.6 Å². The molecule has 146 valence electrons. The Morgan fingerprint density at radius 2 is 1.70 bits per heavy atom. The minimum atomic E-state index is -0.295. The molecule has 5 heteroatoms. The van der Waals surface area contributed by atoms with Gasteiger partial charge in [0.05, 0.1) is 6.54 Å². The van der Waals surface area contributed by atoms with Gasteiger partial charge in [-0.15, -0.1) is 0 Å². The summed E-state index contributed by atoms with van der Waals surface area (Å²) in [4.78, 5) is 27.1. The molecule has 0 unspecified atom stereocenters. The van der Waals surface area contributed by atoms with E-state index in [1.165, 1.54) is 26.5 Å². The van der Waals surface area contributed by atoms with Crippen LogP contribution in [0.3, 0.4) is 0 Å². The fraction of sp³-hybridized carbons (Fsp3) is 0.455. The Labute approximate surface area is 162 Å². The normalized spacial score (nSPS) is 11.4. The maximum absolute atomic E-state index is 12.5. The predicted octanol–water partition coefficient (Wildman–Crippen LogP) is 3.64. The minimum absolute atomic E-state index is 0.0224. The second kappa shape index (κ2) is 7.99. The van der Waals surface area contributed by atoms with Crippen LogP contribution in [0.5, 0.6) is 0 Å². The SMILES string of the molecule is Cc1ccc(C(C)(C)C)cc1Cc1ccc(C(=O)N(C)CC(=O)N(C)C)o1. The smallest absolute Gasteiger partial charge is 0.289 e. The molecule has 0 saturated heterocycles. The summed E-state index contributed by atoms with van der Waals surface area (Å²) in [7, 11) is 4.93. The molecular weight excluding hydrogens is 340 g/mol. The van der Waals surface area contributed by atoms with Crippen molar-refractivity contribution in [1.29, 1.82) is 0 Å². The average Bonchev–Trinajstić information content (AvgIpc) is 3.03. The molecule has 0 saturated carbocycles. The zero-order valence-electron chi connectivity index (χ0n) is 17.4. The lowest BCUT2D eigenvalue weighted by molar-refractivity contribution is -0.129. The van der Waals surface area contributed by atoms with Crippen LogP contribution < -0.4 is 0 Å². The Balaban J connectivity index is 2.14. The number of hydrogen-bond donors (Lipinski definition) is 0. The van der Waals surface area contributed by atoms with Crippen LogP contribution in [0.4, 0.5) is 0 Å². The van der Waals surface area contributed by atoms with Crippen LogP contribution in [0.15, 0.2) is 34.7 Å². The third-order valence-corrected chi connectivity index (χ3v) is 4.67. The Bertz CT molecular complexity index is 828. The van der Waals surface area contributed by atoms with Crippen molar-refractivity contribution in [3.63, 3.8) is 0 Å². The van der Waals surface area contributed by atoms with Gasteiger partial charge in [-0.05, 0) is 41.2 Å². The van der Waals surface area contributed by atoms with Gasteiger partial charge >= 0.3 is 0 Å². The number of carbonyl (C=O) groups excluding carboxylic acids is 2. The van der Waals surface area contributed by atoms with E-state index in [9.17, 15) is 9.59 Å². The molecule has 0 aliphatic heterocycles. The zero-order chi connectivity index (χ0) is 20.4. The first-order chi connectivity index (χ1) is 12.5. The molecule has 0 aliphatic carbocycles. The highest BCUT2D eigenvalue weighted by Crippen LogP contribution is 2.26. The number of benzene rings is 1. The van der Waals surface area contributed by atoms with E-state index in [1.54, 1.807) is 27.2 Å². The number of aryl methyl sites for hydroxylation is 1. The summed E-state index contributed by atoms with van der Waals surface area (Å²) in [5.74, 6) is 0.562. The van der Waals surface area contributed by atoms with Crippen LogP contribution in [0.2, 0.25) is 0 Å². The van der Waals surface area contributed by atoms with Crippen molar-refractivity contribution in [2.45, 2.75) is 39.5 Å². The molecule has 1 aromatic carbocycles.